The Morgan fingerprint density at radius 1 is 1.09 bits per heavy atom. The van der Waals surface area contributed by atoms with Gasteiger partial charge in [0.2, 0.25) is 5.91 Å². The number of carbonyl (C=O) groups is 2. The highest BCUT2D eigenvalue weighted by atomic mass is 16.5. The molecule has 5 nitrogen and oxygen atoms in total. The molecule has 120 valence electrons. The van der Waals surface area contributed by atoms with Crippen LogP contribution in [-0.2, 0) is 16.0 Å². The van der Waals surface area contributed by atoms with Crippen LogP contribution in [0.5, 0.6) is 5.75 Å². The molecule has 0 saturated carbocycles. The highest BCUT2D eigenvalue weighted by Crippen LogP contribution is 2.19. The molecule has 2 rings (SSSR count). The van der Waals surface area contributed by atoms with Gasteiger partial charge in [-0.2, -0.15) is 0 Å². The number of nitrogens with one attached hydrogen (secondary N) is 1. The van der Waals surface area contributed by atoms with Crippen LogP contribution in [0.3, 0.4) is 0 Å². The summed E-state index contributed by atoms with van der Waals surface area (Å²) in [6.45, 7) is 2.06. The van der Waals surface area contributed by atoms with Crippen molar-refractivity contribution < 1.29 is 19.1 Å². The van der Waals surface area contributed by atoms with E-state index in [-0.39, 0.29) is 12.3 Å². The van der Waals surface area contributed by atoms with Crippen LogP contribution >= 0.6 is 0 Å². The fraction of sp³-hybridized carbons (Fsp3) is 0.222. The lowest BCUT2D eigenvalue weighted by Gasteiger charge is -2.09. The van der Waals surface area contributed by atoms with Crippen molar-refractivity contribution in [2.24, 2.45) is 0 Å². The second kappa shape index (κ2) is 7.98. The van der Waals surface area contributed by atoms with E-state index in [4.69, 9.17) is 9.47 Å². The van der Waals surface area contributed by atoms with Gasteiger partial charge in [-0.1, -0.05) is 24.3 Å². The van der Waals surface area contributed by atoms with Crippen molar-refractivity contribution in [2.75, 3.05) is 19.0 Å². The number of anilines is 1. The predicted molar refractivity (Wildman–Crippen MR) is 87.7 cm³/mol. The standard InChI is InChI=1S/C18H19NO4/c1-3-23-18(21)14-8-6-9-15(11-14)19-17(20)12-13-7-4-5-10-16(13)22-2/h4-11H,3,12H2,1-2H3,(H,19,20). The summed E-state index contributed by atoms with van der Waals surface area (Å²) in [5.74, 6) is 0.0757. The molecule has 0 unspecified atom stereocenters. The van der Waals surface area contributed by atoms with E-state index >= 15 is 0 Å². The minimum absolute atomic E-state index is 0.185. The van der Waals surface area contributed by atoms with Gasteiger partial charge in [0, 0.05) is 11.3 Å². The Balaban J connectivity index is 2.05. The molecule has 5 heteroatoms. The molecule has 23 heavy (non-hydrogen) atoms. The summed E-state index contributed by atoms with van der Waals surface area (Å²) < 4.78 is 10.2. The molecule has 0 heterocycles. The van der Waals surface area contributed by atoms with E-state index in [0.717, 1.165) is 5.56 Å². The molecule has 0 aliphatic carbocycles. The van der Waals surface area contributed by atoms with Gasteiger partial charge in [0.15, 0.2) is 0 Å². The average Bonchev–Trinajstić information content (AvgIpc) is 2.55. The molecule has 2 aromatic carbocycles. The summed E-state index contributed by atoms with van der Waals surface area (Å²) in [5, 5.41) is 2.78. The minimum atomic E-state index is -0.409. The van der Waals surface area contributed by atoms with Gasteiger partial charge >= 0.3 is 5.97 Å². The largest absolute Gasteiger partial charge is 0.496 e. The third-order valence-corrected chi connectivity index (χ3v) is 3.20. The SMILES string of the molecule is CCOC(=O)c1cccc(NC(=O)Cc2ccccc2OC)c1. The van der Waals surface area contributed by atoms with Crippen molar-refractivity contribution in [1.29, 1.82) is 0 Å². The van der Waals surface area contributed by atoms with Gasteiger partial charge in [-0.05, 0) is 31.2 Å². The van der Waals surface area contributed by atoms with Crippen molar-refractivity contribution in [1.82, 2.24) is 0 Å². The molecule has 2 aromatic rings. The number of methoxy groups -OCH3 is 1. The van der Waals surface area contributed by atoms with E-state index in [1.165, 1.54) is 0 Å². The van der Waals surface area contributed by atoms with Crippen LogP contribution in [0.1, 0.15) is 22.8 Å². The third kappa shape index (κ3) is 4.57. The Kier molecular flexibility index (Phi) is 5.74. The molecule has 0 aromatic heterocycles. The molecule has 0 aliphatic rings. The fourth-order valence-corrected chi connectivity index (χ4v) is 2.17. The quantitative estimate of drug-likeness (QED) is 0.833. The van der Waals surface area contributed by atoms with Crippen molar-refractivity contribution in [3.8, 4) is 5.75 Å². The first kappa shape index (κ1) is 16.5. The predicted octanol–water partition coefficient (Wildman–Crippen LogP) is 3.05. The second-order valence-corrected chi connectivity index (χ2v) is 4.84. The van der Waals surface area contributed by atoms with Crippen LogP contribution in [0.25, 0.3) is 0 Å². The Hall–Kier alpha value is -2.82. The lowest BCUT2D eigenvalue weighted by Crippen LogP contribution is -2.15. The number of carbonyl (C=O) groups excluding carboxylic acids is 2. The number of hydrogen-bond acceptors (Lipinski definition) is 4. The van der Waals surface area contributed by atoms with Gasteiger partial charge in [0.05, 0.1) is 25.7 Å². The number of para-hydroxylation sites is 1. The second-order valence-electron chi connectivity index (χ2n) is 4.84. The summed E-state index contributed by atoms with van der Waals surface area (Å²) in [7, 11) is 1.57. The van der Waals surface area contributed by atoms with Gasteiger partial charge in [0.25, 0.3) is 0 Å². The summed E-state index contributed by atoms with van der Waals surface area (Å²) >= 11 is 0. The Labute approximate surface area is 135 Å². The van der Waals surface area contributed by atoms with Crippen molar-refractivity contribution in [3.63, 3.8) is 0 Å². The minimum Gasteiger partial charge on any atom is -0.496 e. The maximum atomic E-state index is 12.2. The number of rotatable bonds is 6. The molecule has 0 radical (unpaired) electrons. The topological polar surface area (TPSA) is 64.6 Å². The molecule has 1 amide bonds. The lowest BCUT2D eigenvalue weighted by atomic mass is 10.1. The van der Waals surface area contributed by atoms with Crippen molar-refractivity contribution in [3.05, 3.63) is 59.7 Å². The van der Waals surface area contributed by atoms with E-state index in [2.05, 4.69) is 5.32 Å². The summed E-state index contributed by atoms with van der Waals surface area (Å²) in [4.78, 5) is 23.9. The third-order valence-electron chi connectivity index (χ3n) is 3.20. The summed E-state index contributed by atoms with van der Waals surface area (Å²) in [6, 6.07) is 14.0. The maximum absolute atomic E-state index is 12.2. The van der Waals surface area contributed by atoms with Crippen LogP contribution in [-0.4, -0.2) is 25.6 Å². The fourth-order valence-electron chi connectivity index (χ4n) is 2.17. The molecular weight excluding hydrogens is 294 g/mol. The van der Waals surface area contributed by atoms with Crippen LogP contribution in [0.15, 0.2) is 48.5 Å². The van der Waals surface area contributed by atoms with Gasteiger partial charge in [-0.3, -0.25) is 4.79 Å². The number of amides is 1. The molecule has 0 atom stereocenters. The Bertz CT molecular complexity index is 697. The molecule has 0 bridgehead atoms. The maximum Gasteiger partial charge on any atom is 0.338 e. The molecule has 0 saturated heterocycles. The van der Waals surface area contributed by atoms with Crippen LogP contribution in [0.2, 0.25) is 0 Å². The summed E-state index contributed by atoms with van der Waals surface area (Å²) in [5.41, 5.74) is 1.76. The highest BCUT2D eigenvalue weighted by molar-refractivity contribution is 5.95. The monoisotopic (exact) mass is 313 g/mol. The Morgan fingerprint density at radius 3 is 2.61 bits per heavy atom. The zero-order valence-electron chi connectivity index (χ0n) is 13.2. The first-order valence-electron chi connectivity index (χ1n) is 7.33. The van der Waals surface area contributed by atoms with E-state index in [1.54, 1.807) is 38.3 Å². The molecule has 0 fully saturated rings. The zero-order chi connectivity index (χ0) is 16.7. The average molecular weight is 313 g/mol. The van der Waals surface area contributed by atoms with E-state index < -0.39 is 5.97 Å². The first-order valence-corrected chi connectivity index (χ1v) is 7.33. The zero-order valence-corrected chi connectivity index (χ0v) is 13.2. The highest BCUT2D eigenvalue weighted by Gasteiger charge is 2.11. The number of ether oxygens (including phenoxy) is 2. The van der Waals surface area contributed by atoms with Crippen LogP contribution in [0.4, 0.5) is 5.69 Å². The smallest absolute Gasteiger partial charge is 0.338 e. The lowest BCUT2D eigenvalue weighted by molar-refractivity contribution is -0.115. The van der Waals surface area contributed by atoms with Gasteiger partial charge < -0.3 is 14.8 Å². The van der Waals surface area contributed by atoms with Crippen molar-refractivity contribution >= 4 is 17.6 Å². The number of esters is 1. The van der Waals surface area contributed by atoms with E-state index in [1.807, 2.05) is 24.3 Å². The molecule has 0 aliphatic heterocycles. The van der Waals surface area contributed by atoms with Gasteiger partial charge in [-0.15, -0.1) is 0 Å². The summed E-state index contributed by atoms with van der Waals surface area (Å²) in [6.07, 6.45) is 0.188. The van der Waals surface area contributed by atoms with E-state index in [9.17, 15) is 9.59 Å². The number of hydrogen-bond donors (Lipinski definition) is 1. The first-order chi connectivity index (χ1) is 11.1. The van der Waals surface area contributed by atoms with Gasteiger partial charge in [-0.25, -0.2) is 4.79 Å². The van der Waals surface area contributed by atoms with E-state index in [0.29, 0.717) is 23.6 Å². The Morgan fingerprint density at radius 2 is 1.87 bits per heavy atom. The number of benzene rings is 2. The van der Waals surface area contributed by atoms with Crippen molar-refractivity contribution in [2.45, 2.75) is 13.3 Å². The normalized spacial score (nSPS) is 10.0. The molecule has 0 spiro atoms. The molecular formula is C18H19NO4. The molecule has 1 N–H and O–H groups in total. The van der Waals surface area contributed by atoms with Gasteiger partial charge in [0.1, 0.15) is 5.75 Å². The van der Waals surface area contributed by atoms with Crippen LogP contribution < -0.4 is 10.1 Å². The van der Waals surface area contributed by atoms with Crippen LogP contribution in [0, 0.1) is 0 Å².